The zero-order valence-electron chi connectivity index (χ0n) is 21.7. The number of hydrogen-bond donors (Lipinski definition) is 3. The maximum absolute atomic E-state index is 14.1. The first-order valence-electron chi connectivity index (χ1n) is 12.3. The largest absolute Gasteiger partial charge is 0.488 e. The molecule has 1 aliphatic rings. The van der Waals surface area contributed by atoms with Gasteiger partial charge in [0.15, 0.2) is 0 Å². The number of carboxylic acids is 1. The van der Waals surface area contributed by atoms with E-state index in [0.29, 0.717) is 38.7 Å². The van der Waals surface area contributed by atoms with E-state index in [-0.39, 0.29) is 25.1 Å². The zero-order chi connectivity index (χ0) is 28.5. The minimum atomic E-state index is -4.67. The van der Waals surface area contributed by atoms with Gasteiger partial charge in [0, 0.05) is 26.1 Å². The predicted octanol–water partition coefficient (Wildman–Crippen LogP) is 5.55. The highest BCUT2D eigenvalue weighted by molar-refractivity contribution is 7.82. The number of hydrogen-bond acceptors (Lipinski definition) is 5. The summed E-state index contributed by atoms with van der Waals surface area (Å²) in [4.78, 5) is 12.2. The Morgan fingerprint density at radius 2 is 1.95 bits per heavy atom. The number of anilines is 2. The highest BCUT2D eigenvalue weighted by Gasteiger charge is 2.36. The van der Waals surface area contributed by atoms with Gasteiger partial charge in [-0.25, -0.2) is 8.51 Å². The highest BCUT2D eigenvalue weighted by atomic mass is 32.2. The Balaban J connectivity index is 1.81. The molecule has 208 valence electrons. The molecule has 0 aliphatic carbocycles. The number of nitrogens with one attached hydrogen (secondary N) is 1. The smallest absolute Gasteiger partial charge is 0.416 e. The molecule has 2 unspecified atom stereocenters. The zero-order valence-corrected chi connectivity index (χ0v) is 22.5. The lowest BCUT2D eigenvalue weighted by Crippen LogP contribution is -2.33. The summed E-state index contributed by atoms with van der Waals surface area (Å²) in [5.41, 5.74) is 8.02. The topological polar surface area (TPSA) is 105 Å². The van der Waals surface area contributed by atoms with Crippen molar-refractivity contribution in [1.82, 2.24) is 4.31 Å². The third kappa shape index (κ3) is 6.04. The molecule has 0 saturated carbocycles. The van der Waals surface area contributed by atoms with E-state index in [1.807, 2.05) is 0 Å². The molecule has 0 fully saturated rings. The van der Waals surface area contributed by atoms with Gasteiger partial charge in [0.25, 0.3) is 0 Å². The summed E-state index contributed by atoms with van der Waals surface area (Å²) in [6, 6.07) is 13.8. The van der Waals surface area contributed by atoms with Crippen LogP contribution in [0.5, 0.6) is 5.75 Å². The third-order valence-electron chi connectivity index (χ3n) is 6.82. The molecule has 39 heavy (non-hydrogen) atoms. The number of carbonyl (C=O) groups is 1. The van der Waals surface area contributed by atoms with Crippen LogP contribution in [0.3, 0.4) is 0 Å². The van der Waals surface area contributed by atoms with Crippen LogP contribution in [0.2, 0.25) is 0 Å². The van der Waals surface area contributed by atoms with E-state index in [9.17, 15) is 27.3 Å². The van der Waals surface area contributed by atoms with Gasteiger partial charge in [-0.1, -0.05) is 30.3 Å². The van der Waals surface area contributed by atoms with Gasteiger partial charge in [-0.05, 0) is 60.4 Å². The fourth-order valence-corrected chi connectivity index (χ4v) is 6.28. The van der Waals surface area contributed by atoms with Crippen molar-refractivity contribution in [1.29, 1.82) is 0 Å². The van der Waals surface area contributed by atoms with Crippen molar-refractivity contribution in [3.63, 3.8) is 0 Å². The minimum Gasteiger partial charge on any atom is -0.488 e. The minimum absolute atomic E-state index is 0.104. The van der Waals surface area contributed by atoms with E-state index in [4.69, 9.17) is 10.5 Å². The molecule has 4 rings (SSSR count). The van der Waals surface area contributed by atoms with Gasteiger partial charge in [-0.3, -0.25) is 4.79 Å². The van der Waals surface area contributed by atoms with Crippen LogP contribution < -0.4 is 15.8 Å². The quantitative estimate of drug-likeness (QED) is 0.327. The number of para-hydroxylation sites is 1. The number of nitrogens with two attached hydrogens (primary N) is 1. The average Bonchev–Trinajstić information content (AvgIpc) is 2.99. The number of halogens is 3. The molecule has 0 saturated heterocycles. The molecule has 11 heteroatoms. The summed E-state index contributed by atoms with van der Waals surface area (Å²) in [7, 11) is -0.0690. The predicted molar refractivity (Wildman–Crippen MR) is 144 cm³/mol. The molecule has 0 bridgehead atoms. The fraction of sp³-hybridized carbons (Fsp3) is 0.321. The van der Waals surface area contributed by atoms with Crippen LogP contribution in [0.4, 0.5) is 24.5 Å². The average molecular weight is 562 g/mol. The Hall–Kier alpha value is -3.57. The molecule has 3 aromatic carbocycles. The number of rotatable bonds is 7. The molecule has 0 aromatic heterocycles. The second kappa shape index (κ2) is 11.3. The SMILES string of the molecule is CNc1ccc(C(CC(=O)O)c2ccc(C(F)(F)F)c(CN3C[C@@H](C)Oc4ccccc4S3=O)c2)c(C)c1N. The summed E-state index contributed by atoms with van der Waals surface area (Å²) in [6.07, 6.45) is -5.44. The van der Waals surface area contributed by atoms with Crippen molar-refractivity contribution >= 4 is 28.3 Å². The van der Waals surface area contributed by atoms with Crippen molar-refractivity contribution in [2.45, 2.75) is 49.9 Å². The Morgan fingerprint density at radius 1 is 1.23 bits per heavy atom. The van der Waals surface area contributed by atoms with Gasteiger partial charge >= 0.3 is 12.1 Å². The maximum atomic E-state index is 14.1. The van der Waals surface area contributed by atoms with Crippen LogP contribution in [-0.4, -0.2) is 39.3 Å². The number of alkyl halides is 3. The molecule has 7 nitrogen and oxygen atoms in total. The number of nitrogens with zero attached hydrogens (tertiary/aromatic N) is 1. The first-order valence-corrected chi connectivity index (χ1v) is 13.4. The van der Waals surface area contributed by atoms with E-state index < -0.39 is 40.7 Å². The molecule has 3 atom stereocenters. The lowest BCUT2D eigenvalue weighted by molar-refractivity contribution is -0.139. The molecule has 4 N–H and O–H groups in total. The van der Waals surface area contributed by atoms with E-state index in [1.54, 1.807) is 57.3 Å². The molecule has 0 radical (unpaired) electrons. The van der Waals surface area contributed by atoms with Crippen molar-refractivity contribution in [3.8, 4) is 5.75 Å². The molecule has 3 aromatic rings. The van der Waals surface area contributed by atoms with Gasteiger partial charge < -0.3 is 20.9 Å². The summed E-state index contributed by atoms with van der Waals surface area (Å²) < 4.78 is 63.1. The first kappa shape index (κ1) is 28.4. The Morgan fingerprint density at radius 3 is 2.62 bits per heavy atom. The third-order valence-corrected chi connectivity index (χ3v) is 8.29. The van der Waals surface area contributed by atoms with Gasteiger partial charge in [0.2, 0.25) is 0 Å². The van der Waals surface area contributed by atoms with Gasteiger partial charge in [0.05, 0.1) is 28.3 Å². The lowest BCUT2D eigenvalue weighted by atomic mass is 9.84. The summed E-state index contributed by atoms with van der Waals surface area (Å²) >= 11 is 0. The Bertz CT molecular complexity index is 1410. The van der Waals surface area contributed by atoms with Crippen molar-refractivity contribution in [2.75, 3.05) is 24.6 Å². The van der Waals surface area contributed by atoms with Crippen molar-refractivity contribution in [2.24, 2.45) is 0 Å². The number of aliphatic carboxylic acids is 1. The van der Waals surface area contributed by atoms with Crippen LogP contribution >= 0.6 is 0 Å². The van der Waals surface area contributed by atoms with Crippen LogP contribution in [0.1, 0.15) is 47.1 Å². The molecule has 0 amide bonds. The van der Waals surface area contributed by atoms with Crippen LogP contribution in [0.15, 0.2) is 59.5 Å². The molecular weight excluding hydrogens is 531 g/mol. The van der Waals surface area contributed by atoms with Gasteiger partial charge in [-0.15, -0.1) is 0 Å². The summed E-state index contributed by atoms with van der Waals surface area (Å²) in [5, 5.41) is 12.7. The van der Waals surface area contributed by atoms with Crippen LogP contribution in [-0.2, 0) is 28.5 Å². The van der Waals surface area contributed by atoms with E-state index in [1.165, 1.54) is 16.4 Å². The number of benzene rings is 3. The van der Waals surface area contributed by atoms with Gasteiger partial charge in [-0.2, -0.15) is 13.2 Å². The first-order chi connectivity index (χ1) is 18.4. The fourth-order valence-electron chi connectivity index (χ4n) is 4.91. The molecule has 1 aliphatic heterocycles. The van der Waals surface area contributed by atoms with Crippen LogP contribution in [0, 0.1) is 6.92 Å². The van der Waals surface area contributed by atoms with Crippen molar-refractivity contribution in [3.05, 3.63) is 82.4 Å². The van der Waals surface area contributed by atoms with E-state index in [0.717, 1.165) is 6.07 Å². The maximum Gasteiger partial charge on any atom is 0.416 e. The van der Waals surface area contributed by atoms with Crippen molar-refractivity contribution < 1.29 is 32.0 Å². The molecule has 0 spiro atoms. The number of carboxylic acid groups (broad SMARTS) is 1. The normalized spacial score (nSPS) is 18.5. The Labute approximate surface area is 227 Å². The van der Waals surface area contributed by atoms with Gasteiger partial charge in [0.1, 0.15) is 22.8 Å². The Kier molecular flexibility index (Phi) is 8.22. The number of ether oxygens (including phenoxy) is 1. The lowest BCUT2D eigenvalue weighted by Gasteiger charge is -2.25. The highest BCUT2D eigenvalue weighted by Crippen LogP contribution is 2.40. The number of fused-ring (bicyclic) bond motifs is 1. The standard InChI is InChI=1S/C28H30F3N3O4S/c1-16-14-34(39(37)25-7-5-4-6-24(25)38-16)15-19-12-18(8-10-22(19)28(29,30)31)21(13-26(35)36)20-9-11-23(33-3)27(32)17(20)2/h4-12,16,21,33H,13-15,32H2,1-3H3,(H,35,36)/t16-,21?,39?/m1/s1. The second-order valence-corrected chi connectivity index (χ2v) is 11.0. The van der Waals surface area contributed by atoms with E-state index in [2.05, 4.69) is 5.32 Å². The number of nitrogen functional groups attached to an aromatic ring is 1. The summed E-state index contributed by atoms with van der Waals surface area (Å²) in [5.74, 6) is -1.43. The second-order valence-electron chi connectivity index (χ2n) is 9.50. The molecular formula is C28H30F3N3O4S. The molecule has 1 heterocycles. The summed E-state index contributed by atoms with van der Waals surface area (Å²) in [6.45, 7) is 3.36. The van der Waals surface area contributed by atoms with E-state index >= 15 is 0 Å². The van der Waals surface area contributed by atoms with Crippen LogP contribution in [0.25, 0.3) is 0 Å². The monoisotopic (exact) mass is 561 g/mol.